The Kier molecular flexibility index (Phi) is 10.2. The van der Waals surface area contributed by atoms with Crippen molar-refractivity contribution in [2.45, 2.75) is 25.2 Å². The summed E-state index contributed by atoms with van der Waals surface area (Å²) in [5.74, 6) is 0. The van der Waals surface area contributed by atoms with Gasteiger partial charge in [0.2, 0.25) is 0 Å². The molecule has 0 spiro atoms. The van der Waals surface area contributed by atoms with Gasteiger partial charge in [-0.15, -0.1) is 0 Å². The summed E-state index contributed by atoms with van der Waals surface area (Å²) >= 11 is 0. The molecule has 1 unspecified atom stereocenters. The predicted molar refractivity (Wildman–Crippen MR) is 298 cm³/mol. The van der Waals surface area contributed by atoms with Gasteiger partial charge in [0.25, 0.3) is 0 Å². The Balaban J connectivity index is 1.03. The second-order valence-electron chi connectivity index (χ2n) is 19.0. The van der Waals surface area contributed by atoms with Crippen LogP contribution in [0.15, 0.2) is 261 Å². The number of hydrogen-bond acceptors (Lipinski definition) is 0. The SMILES string of the molecule is CCCC1(c2ccccc2-c2ccccc2)c2ccccc2-c2ccc(-c3c4ccccc4c(-c4ccc(-c5cc(-c6ccccc6)cc(-c6ccccc6)c5)c5ccccc45)c4ccccc34)cc21. The van der Waals surface area contributed by atoms with E-state index in [2.05, 4.69) is 268 Å². The van der Waals surface area contributed by atoms with Crippen LogP contribution in [-0.4, -0.2) is 0 Å². The minimum atomic E-state index is -0.336. The second kappa shape index (κ2) is 17.2. The summed E-state index contributed by atoms with van der Waals surface area (Å²) in [4.78, 5) is 0. The first kappa shape index (κ1) is 41.6. The Morgan fingerprint density at radius 2 is 0.643 bits per heavy atom. The summed E-state index contributed by atoms with van der Waals surface area (Å²) in [5, 5.41) is 7.50. The molecule has 1 aliphatic carbocycles. The molecule has 0 saturated heterocycles. The standard InChI is InChI=1S/C70H50/c1-2-42-70(65-36-20-18-28-55(65)49-26-10-5-11-27-49)66-37-21-19-31-58(66)59-39-38-50(46-67(59)70)68-60-32-14-16-34-62(60)69(63-35-17-15-33-61(63)68)64-41-40-54(56-29-12-13-30-57(56)64)53-44-51(47-22-6-3-7-23-47)43-52(45-53)48-24-8-4-9-25-48/h3-41,43-46H,2,42H2,1H3. The molecular weight excluding hydrogens is 841 g/mol. The van der Waals surface area contributed by atoms with Gasteiger partial charge in [-0.1, -0.05) is 250 Å². The maximum Gasteiger partial charge on any atom is 0.0469 e. The number of hydrogen-bond donors (Lipinski definition) is 0. The molecule has 0 N–H and O–H groups in total. The average molecular weight is 891 g/mol. The van der Waals surface area contributed by atoms with Crippen LogP contribution in [-0.2, 0) is 5.41 Å². The van der Waals surface area contributed by atoms with E-state index in [4.69, 9.17) is 0 Å². The van der Waals surface area contributed by atoms with Crippen molar-refractivity contribution in [3.8, 4) is 77.9 Å². The van der Waals surface area contributed by atoms with Crippen LogP contribution in [0.4, 0.5) is 0 Å². The summed E-state index contributed by atoms with van der Waals surface area (Å²) in [7, 11) is 0. The summed E-state index contributed by atoms with van der Waals surface area (Å²) in [5.41, 5.74) is 21.3. The van der Waals surface area contributed by atoms with Crippen molar-refractivity contribution < 1.29 is 0 Å². The largest absolute Gasteiger partial charge is 0.0653 e. The van der Waals surface area contributed by atoms with Gasteiger partial charge in [-0.3, -0.25) is 0 Å². The Morgan fingerprint density at radius 3 is 1.21 bits per heavy atom. The van der Waals surface area contributed by atoms with Crippen molar-refractivity contribution in [3.63, 3.8) is 0 Å². The maximum atomic E-state index is 2.57. The maximum absolute atomic E-state index is 2.57. The van der Waals surface area contributed by atoms with Crippen LogP contribution >= 0.6 is 0 Å². The lowest BCUT2D eigenvalue weighted by Gasteiger charge is -2.35. The molecule has 0 heteroatoms. The van der Waals surface area contributed by atoms with Crippen LogP contribution in [0, 0.1) is 0 Å². The van der Waals surface area contributed by atoms with E-state index >= 15 is 0 Å². The zero-order valence-electron chi connectivity index (χ0n) is 39.2. The summed E-state index contributed by atoms with van der Waals surface area (Å²) < 4.78 is 0. The summed E-state index contributed by atoms with van der Waals surface area (Å²) in [6.45, 7) is 2.34. The van der Waals surface area contributed by atoms with E-state index in [9.17, 15) is 0 Å². The van der Waals surface area contributed by atoms with Crippen molar-refractivity contribution in [1.82, 2.24) is 0 Å². The monoisotopic (exact) mass is 890 g/mol. The normalized spacial score (nSPS) is 14.0. The van der Waals surface area contributed by atoms with Crippen LogP contribution in [0.25, 0.3) is 110 Å². The first-order valence-electron chi connectivity index (χ1n) is 24.8. The topological polar surface area (TPSA) is 0 Å². The van der Waals surface area contributed by atoms with Crippen LogP contribution < -0.4 is 0 Å². The van der Waals surface area contributed by atoms with E-state index in [-0.39, 0.29) is 5.41 Å². The molecule has 0 bridgehead atoms. The van der Waals surface area contributed by atoms with Gasteiger partial charge in [0.05, 0.1) is 0 Å². The van der Waals surface area contributed by atoms with Gasteiger partial charge in [-0.05, 0) is 158 Å². The predicted octanol–water partition coefficient (Wildman–Crippen LogP) is 19.3. The Bertz CT molecular complexity index is 3820. The zero-order chi connectivity index (χ0) is 46.6. The lowest BCUT2D eigenvalue weighted by Crippen LogP contribution is -2.27. The van der Waals surface area contributed by atoms with Crippen molar-refractivity contribution in [3.05, 3.63) is 278 Å². The van der Waals surface area contributed by atoms with Gasteiger partial charge in [0, 0.05) is 5.41 Å². The minimum Gasteiger partial charge on any atom is -0.0653 e. The highest BCUT2D eigenvalue weighted by molar-refractivity contribution is 6.24. The van der Waals surface area contributed by atoms with Crippen molar-refractivity contribution in [2.75, 3.05) is 0 Å². The molecule has 1 aliphatic rings. The van der Waals surface area contributed by atoms with Crippen LogP contribution in [0.1, 0.15) is 36.5 Å². The van der Waals surface area contributed by atoms with E-state index in [0.717, 1.165) is 12.8 Å². The molecule has 13 rings (SSSR count). The van der Waals surface area contributed by atoms with E-state index in [1.165, 1.54) is 127 Å². The van der Waals surface area contributed by atoms with Gasteiger partial charge in [0.1, 0.15) is 0 Å². The molecule has 12 aromatic carbocycles. The molecule has 0 radical (unpaired) electrons. The highest BCUT2D eigenvalue weighted by Gasteiger charge is 2.45. The third-order valence-corrected chi connectivity index (χ3v) is 15.1. The molecule has 0 heterocycles. The molecule has 0 nitrogen and oxygen atoms in total. The summed E-state index contributed by atoms with van der Waals surface area (Å²) in [6, 6.07) is 97.4. The lowest BCUT2D eigenvalue weighted by atomic mass is 9.67. The first-order valence-corrected chi connectivity index (χ1v) is 24.8. The third kappa shape index (κ3) is 6.67. The number of benzene rings is 12. The third-order valence-electron chi connectivity index (χ3n) is 15.1. The van der Waals surface area contributed by atoms with E-state index < -0.39 is 0 Å². The molecule has 0 saturated carbocycles. The van der Waals surface area contributed by atoms with E-state index in [1.807, 2.05) is 0 Å². The van der Waals surface area contributed by atoms with Crippen molar-refractivity contribution in [1.29, 1.82) is 0 Å². The molecule has 0 aromatic heterocycles. The van der Waals surface area contributed by atoms with Crippen molar-refractivity contribution >= 4 is 32.3 Å². The van der Waals surface area contributed by atoms with Crippen LogP contribution in [0.3, 0.4) is 0 Å². The molecule has 0 aliphatic heterocycles. The van der Waals surface area contributed by atoms with Gasteiger partial charge < -0.3 is 0 Å². The minimum absolute atomic E-state index is 0.336. The lowest BCUT2D eigenvalue weighted by molar-refractivity contribution is 0.564. The Labute approximate surface area is 410 Å². The molecule has 0 fully saturated rings. The molecule has 1 atom stereocenters. The smallest absolute Gasteiger partial charge is 0.0469 e. The second-order valence-corrected chi connectivity index (χ2v) is 19.0. The van der Waals surface area contributed by atoms with E-state index in [1.54, 1.807) is 0 Å². The summed E-state index contributed by atoms with van der Waals surface area (Å²) in [6.07, 6.45) is 2.04. The van der Waals surface area contributed by atoms with Crippen LogP contribution in [0.2, 0.25) is 0 Å². The Morgan fingerprint density at radius 1 is 0.243 bits per heavy atom. The highest BCUT2D eigenvalue weighted by atomic mass is 14.5. The fourth-order valence-corrected chi connectivity index (χ4v) is 12.2. The fraction of sp³-hybridized carbons (Fsp3) is 0.0571. The van der Waals surface area contributed by atoms with Gasteiger partial charge in [-0.25, -0.2) is 0 Å². The zero-order valence-corrected chi connectivity index (χ0v) is 39.2. The van der Waals surface area contributed by atoms with Gasteiger partial charge in [0.15, 0.2) is 0 Å². The first-order chi connectivity index (χ1) is 34.7. The van der Waals surface area contributed by atoms with Gasteiger partial charge >= 0.3 is 0 Å². The average Bonchev–Trinajstić information content (AvgIpc) is 3.71. The molecular formula is C70H50. The molecule has 330 valence electrons. The molecule has 70 heavy (non-hydrogen) atoms. The van der Waals surface area contributed by atoms with Gasteiger partial charge in [-0.2, -0.15) is 0 Å². The van der Waals surface area contributed by atoms with Crippen LogP contribution in [0.5, 0.6) is 0 Å². The fourth-order valence-electron chi connectivity index (χ4n) is 12.2. The Hall–Kier alpha value is -8.58. The quantitative estimate of drug-likeness (QED) is 0.127. The highest BCUT2D eigenvalue weighted by Crippen LogP contribution is 2.58. The molecule has 0 amide bonds. The molecule has 12 aromatic rings. The number of fused-ring (bicyclic) bond motifs is 6. The number of rotatable bonds is 9. The van der Waals surface area contributed by atoms with Crippen molar-refractivity contribution in [2.24, 2.45) is 0 Å². The van der Waals surface area contributed by atoms with E-state index in [0.29, 0.717) is 0 Å².